The zero-order valence-corrected chi connectivity index (χ0v) is 9.39. The van der Waals surface area contributed by atoms with Crippen molar-refractivity contribution >= 4 is 23.2 Å². The molecule has 1 aromatic heterocycles. The highest BCUT2D eigenvalue weighted by Crippen LogP contribution is 2.06. The number of carbonyl (C=O) groups excluding carboxylic acids is 1. The number of rotatable bonds is 2. The van der Waals surface area contributed by atoms with Gasteiger partial charge in [0.05, 0.1) is 11.3 Å². The maximum Gasteiger partial charge on any atom is 0.273 e. The molecule has 1 rings (SSSR count). The summed E-state index contributed by atoms with van der Waals surface area (Å²) in [6.07, 6.45) is 2.34. The molecule has 1 heterocycles. The second-order valence-corrected chi connectivity index (χ2v) is 3.40. The quantitative estimate of drug-likeness (QED) is 0.467. The summed E-state index contributed by atoms with van der Waals surface area (Å²) in [6, 6.07) is 0. The number of aryl methyl sites for hydroxylation is 2. The van der Waals surface area contributed by atoms with Crippen molar-refractivity contribution in [3.8, 4) is 0 Å². The number of hydrazine groups is 1. The average Bonchev–Trinajstić information content (AvgIpc) is 2.56. The molecule has 0 unspecified atom stereocenters. The van der Waals surface area contributed by atoms with E-state index in [1.54, 1.807) is 17.9 Å². The van der Waals surface area contributed by atoms with Crippen molar-refractivity contribution in [2.45, 2.75) is 13.3 Å². The number of hydrogen-bond acceptors (Lipinski definition) is 3. The maximum absolute atomic E-state index is 11.6. The molecule has 0 aliphatic carbocycles. The minimum atomic E-state index is -0.298. The van der Waals surface area contributed by atoms with Crippen LogP contribution in [0.4, 0.5) is 0 Å². The summed E-state index contributed by atoms with van der Waals surface area (Å²) in [4.78, 5) is 11.6. The molecule has 0 bridgehead atoms. The lowest BCUT2D eigenvalue weighted by Crippen LogP contribution is -2.44. The van der Waals surface area contributed by atoms with Gasteiger partial charge in [-0.2, -0.15) is 5.10 Å². The summed E-state index contributed by atoms with van der Waals surface area (Å²) in [7, 11) is 1.76. The molecule has 0 saturated carbocycles. The Hall–Kier alpha value is -1.63. The Morgan fingerprint density at radius 1 is 1.67 bits per heavy atom. The Labute approximate surface area is 92.8 Å². The first-order valence-electron chi connectivity index (χ1n) is 4.43. The zero-order chi connectivity index (χ0) is 11.4. The van der Waals surface area contributed by atoms with Crippen molar-refractivity contribution in [2.75, 3.05) is 0 Å². The number of carbonyl (C=O) groups is 1. The molecule has 4 N–H and O–H groups in total. The van der Waals surface area contributed by atoms with E-state index in [-0.39, 0.29) is 11.0 Å². The molecule has 0 radical (unpaired) electrons. The van der Waals surface area contributed by atoms with Gasteiger partial charge in [-0.1, -0.05) is 6.92 Å². The van der Waals surface area contributed by atoms with Gasteiger partial charge in [0.1, 0.15) is 0 Å². The molecular formula is C8H13N5OS. The highest BCUT2D eigenvalue weighted by Gasteiger charge is 2.13. The van der Waals surface area contributed by atoms with Gasteiger partial charge in [-0.15, -0.1) is 0 Å². The Bertz CT molecular complexity index is 386. The summed E-state index contributed by atoms with van der Waals surface area (Å²) in [5.74, 6) is -0.298. The largest absolute Gasteiger partial charge is 0.375 e. The Morgan fingerprint density at radius 2 is 2.33 bits per heavy atom. The van der Waals surface area contributed by atoms with Gasteiger partial charge in [0.25, 0.3) is 5.91 Å². The predicted octanol–water partition coefficient (Wildman–Crippen LogP) is -0.539. The summed E-state index contributed by atoms with van der Waals surface area (Å²) < 4.78 is 1.59. The lowest BCUT2D eigenvalue weighted by atomic mass is 10.2. The van der Waals surface area contributed by atoms with Crippen molar-refractivity contribution in [3.05, 3.63) is 17.5 Å². The van der Waals surface area contributed by atoms with Crippen LogP contribution in [0, 0.1) is 0 Å². The predicted molar refractivity (Wildman–Crippen MR) is 60.0 cm³/mol. The standard InChI is InChI=1S/C8H13N5OS/c1-3-6-5(4-13(2)12-6)7(14)10-11-8(9)15/h4H,3H2,1-2H3,(H,10,14)(H3,9,11,15). The second-order valence-electron chi connectivity index (χ2n) is 2.96. The van der Waals surface area contributed by atoms with Crippen LogP contribution in [0.2, 0.25) is 0 Å². The molecule has 1 aromatic rings. The topological polar surface area (TPSA) is 85.0 Å². The van der Waals surface area contributed by atoms with Crippen LogP contribution in [0.1, 0.15) is 23.0 Å². The number of thiocarbonyl (C=S) groups is 1. The first kappa shape index (κ1) is 11.4. The first-order chi connectivity index (χ1) is 7.04. The number of amides is 1. The molecule has 0 spiro atoms. The smallest absolute Gasteiger partial charge is 0.273 e. The zero-order valence-electron chi connectivity index (χ0n) is 8.57. The summed E-state index contributed by atoms with van der Waals surface area (Å²) >= 11 is 4.56. The molecular weight excluding hydrogens is 214 g/mol. The maximum atomic E-state index is 11.6. The van der Waals surface area contributed by atoms with Crippen LogP contribution in [-0.2, 0) is 13.5 Å². The highest BCUT2D eigenvalue weighted by atomic mass is 32.1. The van der Waals surface area contributed by atoms with E-state index in [1.807, 2.05) is 6.92 Å². The molecule has 0 aliphatic rings. The first-order valence-corrected chi connectivity index (χ1v) is 4.83. The third kappa shape index (κ3) is 2.91. The van der Waals surface area contributed by atoms with Crippen LogP contribution in [-0.4, -0.2) is 20.8 Å². The average molecular weight is 227 g/mol. The fourth-order valence-corrected chi connectivity index (χ4v) is 1.22. The van der Waals surface area contributed by atoms with Gasteiger partial charge in [-0.3, -0.25) is 20.3 Å². The van der Waals surface area contributed by atoms with E-state index in [0.29, 0.717) is 12.0 Å². The molecule has 15 heavy (non-hydrogen) atoms. The van der Waals surface area contributed by atoms with Crippen molar-refractivity contribution in [1.29, 1.82) is 0 Å². The van der Waals surface area contributed by atoms with E-state index in [0.717, 1.165) is 5.69 Å². The number of hydrogen-bond donors (Lipinski definition) is 3. The number of nitrogens with zero attached hydrogens (tertiary/aromatic N) is 2. The summed E-state index contributed by atoms with van der Waals surface area (Å²) in [5.41, 5.74) is 11.2. The van der Waals surface area contributed by atoms with Crippen LogP contribution in [0.3, 0.4) is 0 Å². The molecule has 82 valence electrons. The minimum Gasteiger partial charge on any atom is -0.375 e. The van der Waals surface area contributed by atoms with Crippen LogP contribution in [0.25, 0.3) is 0 Å². The highest BCUT2D eigenvalue weighted by molar-refractivity contribution is 7.80. The van der Waals surface area contributed by atoms with Gasteiger partial charge in [0.15, 0.2) is 5.11 Å². The van der Waals surface area contributed by atoms with E-state index >= 15 is 0 Å². The summed E-state index contributed by atoms with van der Waals surface area (Å²) in [6.45, 7) is 1.93. The van der Waals surface area contributed by atoms with Crippen molar-refractivity contribution in [3.63, 3.8) is 0 Å². The third-order valence-electron chi connectivity index (χ3n) is 1.78. The Balaban J connectivity index is 2.76. The SMILES string of the molecule is CCc1nn(C)cc1C(=O)NNC(N)=S. The molecule has 1 amide bonds. The van der Waals surface area contributed by atoms with Gasteiger partial charge < -0.3 is 5.73 Å². The lowest BCUT2D eigenvalue weighted by molar-refractivity contribution is 0.0943. The fraction of sp³-hybridized carbons (Fsp3) is 0.375. The van der Waals surface area contributed by atoms with E-state index < -0.39 is 0 Å². The van der Waals surface area contributed by atoms with Crippen molar-refractivity contribution in [2.24, 2.45) is 12.8 Å². The molecule has 0 fully saturated rings. The van der Waals surface area contributed by atoms with Gasteiger partial charge in [0, 0.05) is 13.2 Å². The van der Waals surface area contributed by atoms with Gasteiger partial charge in [-0.05, 0) is 18.6 Å². The van der Waals surface area contributed by atoms with Crippen LogP contribution in [0.5, 0.6) is 0 Å². The van der Waals surface area contributed by atoms with Crippen LogP contribution in [0.15, 0.2) is 6.20 Å². The van der Waals surface area contributed by atoms with Crippen molar-refractivity contribution in [1.82, 2.24) is 20.6 Å². The van der Waals surface area contributed by atoms with E-state index in [1.165, 1.54) is 0 Å². The van der Waals surface area contributed by atoms with E-state index in [9.17, 15) is 4.79 Å². The van der Waals surface area contributed by atoms with E-state index in [4.69, 9.17) is 5.73 Å². The van der Waals surface area contributed by atoms with Gasteiger partial charge >= 0.3 is 0 Å². The number of nitrogens with two attached hydrogens (primary N) is 1. The van der Waals surface area contributed by atoms with Crippen LogP contribution < -0.4 is 16.6 Å². The van der Waals surface area contributed by atoms with Gasteiger partial charge in [0.2, 0.25) is 0 Å². The molecule has 7 heteroatoms. The second kappa shape index (κ2) is 4.74. The molecule has 0 aromatic carbocycles. The number of nitrogens with one attached hydrogen (secondary N) is 2. The fourth-order valence-electron chi connectivity index (χ4n) is 1.17. The molecule has 6 nitrogen and oxygen atoms in total. The molecule has 0 aliphatic heterocycles. The summed E-state index contributed by atoms with van der Waals surface area (Å²) in [5, 5.41) is 4.16. The van der Waals surface area contributed by atoms with Gasteiger partial charge in [-0.25, -0.2) is 0 Å². The minimum absolute atomic E-state index is 0.0188. The Kier molecular flexibility index (Phi) is 3.62. The molecule has 0 saturated heterocycles. The van der Waals surface area contributed by atoms with E-state index in [2.05, 4.69) is 28.2 Å². The normalized spacial score (nSPS) is 9.73. The van der Waals surface area contributed by atoms with Crippen molar-refractivity contribution < 1.29 is 4.79 Å². The molecule has 0 atom stereocenters. The van der Waals surface area contributed by atoms with Crippen LogP contribution >= 0.6 is 12.2 Å². The Morgan fingerprint density at radius 3 is 2.87 bits per heavy atom. The monoisotopic (exact) mass is 227 g/mol. The third-order valence-corrected chi connectivity index (χ3v) is 1.89. The number of aromatic nitrogens is 2. The lowest BCUT2D eigenvalue weighted by Gasteiger charge is -2.05.